The first-order valence-corrected chi connectivity index (χ1v) is 6.77. The van der Waals surface area contributed by atoms with Crippen LogP contribution in [-0.2, 0) is 9.53 Å². The van der Waals surface area contributed by atoms with Crippen molar-refractivity contribution < 1.29 is 14.3 Å². The Balaban J connectivity index is 2.22. The molecule has 0 fully saturated rings. The van der Waals surface area contributed by atoms with Gasteiger partial charge in [-0.15, -0.1) is 0 Å². The van der Waals surface area contributed by atoms with Gasteiger partial charge in [-0.25, -0.2) is 4.79 Å². The zero-order chi connectivity index (χ0) is 16.1. The number of amides is 1. The molecular formula is C18H17NO3. The third-order valence-electron chi connectivity index (χ3n) is 3.30. The SMILES string of the molecule is C=C(C(=O)OC)c1cccc(C(=O)Nc2ccccc2C)c1. The number of nitrogens with one attached hydrogen (secondary N) is 1. The second-order valence-corrected chi connectivity index (χ2v) is 4.82. The molecule has 0 atom stereocenters. The van der Waals surface area contributed by atoms with Crippen LogP contribution in [0.3, 0.4) is 0 Å². The van der Waals surface area contributed by atoms with E-state index in [1.807, 2.05) is 31.2 Å². The monoisotopic (exact) mass is 295 g/mol. The summed E-state index contributed by atoms with van der Waals surface area (Å²) in [6, 6.07) is 14.2. The van der Waals surface area contributed by atoms with Gasteiger partial charge in [-0.3, -0.25) is 4.79 Å². The van der Waals surface area contributed by atoms with Crippen molar-refractivity contribution in [3.05, 3.63) is 71.8 Å². The Bertz CT molecular complexity index is 735. The summed E-state index contributed by atoms with van der Waals surface area (Å²) in [7, 11) is 1.29. The molecule has 2 aromatic carbocycles. The zero-order valence-corrected chi connectivity index (χ0v) is 12.6. The van der Waals surface area contributed by atoms with Crippen molar-refractivity contribution in [2.45, 2.75) is 6.92 Å². The van der Waals surface area contributed by atoms with Gasteiger partial charge in [-0.2, -0.15) is 0 Å². The summed E-state index contributed by atoms with van der Waals surface area (Å²) < 4.78 is 4.64. The van der Waals surface area contributed by atoms with Crippen molar-refractivity contribution in [3.8, 4) is 0 Å². The molecule has 1 amide bonds. The predicted molar refractivity (Wildman–Crippen MR) is 86.6 cm³/mol. The normalized spacial score (nSPS) is 9.91. The van der Waals surface area contributed by atoms with Gasteiger partial charge in [0, 0.05) is 11.3 Å². The van der Waals surface area contributed by atoms with Gasteiger partial charge in [0.2, 0.25) is 0 Å². The van der Waals surface area contributed by atoms with Gasteiger partial charge in [0.25, 0.3) is 5.91 Å². The smallest absolute Gasteiger partial charge is 0.337 e. The number of anilines is 1. The van der Waals surface area contributed by atoms with E-state index in [9.17, 15) is 9.59 Å². The van der Waals surface area contributed by atoms with E-state index in [0.29, 0.717) is 11.1 Å². The quantitative estimate of drug-likeness (QED) is 0.694. The maximum absolute atomic E-state index is 12.3. The van der Waals surface area contributed by atoms with E-state index in [0.717, 1.165) is 11.3 Å². The number of benzene rings is 2. The lowest BCUT2D eigenvalue weighted by Crippen LogP contribution is -2.13. The van der Waals surface area contributed by atoms with Gasteiger partial charge in [-0.1, -0.05) is 36.9 Å². The highest BCUT2D eigenvalue weighted by atomic mass is 16.5. The number of ether oxygens (including phenoxy) is 1. The highest BCUT2D eigenvalue weighted by Crippen LogP contribution is 2.18. The molecule has 0 aromatic heterocycles. The van der Waals surface area contributed by atoms with Gasteiger partial charge < -0.3 is 10.1 Å². The highest BCUT2D eigenvalue weighted by Gasteiger charge is 2.13. The summed E-state index contributed by atoms with van der Waals surface area (Å²) in [4.78, 5) is 23.8. The van der Waals surface area contributed by atoms with E-state index in [1.165, 1.54) is 7.11 Å². The second-order valence-electron chi connectivity index (χ2n) is 4.82. The Morgan fingerprint density at radius 1 is 1.05 bits per heavy atom. The number of rotatable bonds is 4. The van der Waals surface area contributed by atoms with Gasteiger partial charge >= 0.3 is 5.97 Å². The highest BCUT2D eigenvalue weighted by molar-refractivity contribution is 6.16. The fraction of sp³-hybridized carbons (Fsp3) is 0.111. The number of hydrogen-bond donors (Lipinski definition) is 1. The fourth-order valence-electron chi connectivity index (χ4n) is 2.00. The average molecular weight is 295 g/mol. The molecule has 4 heteroatoms. The van der Waals surface area contributed by atoms with Crippen LogP contribution in [0.15, 0.2) is 55.1 Å². The maximum atomic E-state index is 12.3. The molecule has 112 valence electrons. The third kappa shape index (κ3) is 3.41. The molecule has 2 rings (SSSR count). The van der Waals surface area contributed by atoms with Crippen LogP contribution in [-0.4, -0.2) is 19.0 Å². The maximum Gasteiger partial charge on any atom is 0.337 e. The molecule has 0 heterocycles. The Morgan fingerprint density at radius 3 is 2.41 bits per heavy atom. The molecule has 22 heavy (non-hydrogen) atoms. The standard InChI is InChI=1S/C18H17NO3/c1-12-7-4-5-10-16(12)19-17(20)15-9-6-8-14(11-15)13(2)18(21)22-3/h4-11H,2H2,1,3H3,(H,19,20). The molecule has 0 bridgehead atoms. The molecular weight excluding hydrogens is 278 g/mol. The van der Waals surface area contributed by atoms with E-state index in [2.05, 4.69) is 16.6 Å². The van der Waals surface area contributed by atoms with Gasteiger partial charge in [-0.05, 0) is 36.2 Å². The van der Waals surface area contributed by atoms with Crippen LogP contribution >= 0.6 is 0 Å². The zero-order valence-electron chi connectivity index (χ0n) is 12.6. The number of methoxy groups -OCH3 is 1. The minimum absolute atomic E-state index is 0.216. The van der Waals surface area contributed by atoms with Gasteiger partial charge in [0.15, 0.2) is 0 Å². The van der Waals surface area contributed by atoms with E-state index in [4.69, 9.17) is 0 Å². The minimum atomic E-state index is -0.517. The Hall–Kier alpha value is -2.88. The van der Waals surface area contributed by atoms with Crippen molar-refractivity contribution in [2.24, 2.45) is 0 Å². The van der Waals surface area contributed by atoms with Crippen molar-refractivity contribution >= 4 is 23.1 Å². The number of carbonyl (C=O) groups excluding carboxylic acids is 2. The molecule has 2 aromatic rings. The fourth-order valence-corrected chi connectivity index (χ4v) is 2.00. The van der Waals surface area contributed by atoms with Crippen molar-refractivity contribution in [3.63, 3.8) is 0 Å². The Morgan fingerprint density at radius 2 is 1.73 bits per heavy atom. The third-order valence-corrected chi connectivity index (χ3v) is 3.30. The predicted octanol–water partition coefficient (Wildman–Crippen LogP) is 3.43. The molecule has 0 saturated carbocycles. The van der Waals surface area contributed by atoms with E-state index >= 15 is 0 Å². The lowest BCUT2D eigenvalue weighted by molar-refractivity contribution is -0.133. The van der Waals surface area contributed by atoms with Crippen LogP contribution in [0, 0.1) is 6.92 Å². The molecule has 4 nitrogen and oxygen atoms in total. The largest absolute Gasteiger partial charge is 0.465 e. The van der Waals surface area contributed by atoms with E-state index < -0.39 is 5.97 Å². The first-order chi connectivity index (χ1) is 10.5. The van der Waals surface area contributed by atoms with E-state index in [1.54, 1.807) is 24.3 Å². The summed E-state index contributed by atoms with van der Waals surface area (Å²) >= 11 is 0. The topological polar surface area (TPSA) is 55.4 Å². The van der Waals surface area contributed by atoms with E-state index in [-0.39, 0.29) is 11.5 Å². The molecule has 0 spiro atoms. The molecule has 0 radical (unpaired) electrons. The van der Waals surface area contributed by atoms with Gasteiger partial charge in [0.05, 0.1) is 12.7 Å². The molecule has 0 saturated heterocycles. The molecule has 0 aliphatic carbocycles. The first-order valence-electron chi connectivity index (χ1n) is 6.77. The van der Waals surface area contributed by atoms with Crippen LogP contribution in [0.1, 0.15) is 21.5 Å². The summed E-state index contributed by atoms with van der Waals surface area (Å²) in [5.41, 5.74) is 2.96. The first kappa shape index (κ1) is 15.5. The van der Waals surface area contributed by atoms with Crippen molar-refractivity contribution in [2.75, 3.05) is 12.4 Å². The molecule has 0 aliphatic heterocycles. The lowest BCUT2D eigenvalue weighted by Gasteiger charge is -2.09. The average Bonchev–Trinajstić information content (AvgIpc) is 2.55. The summed E-state index contributed by atoms with van der Waals surface area (Å²) in [5.74, 6) is -0.759. The second kappa shape index (κ2) is 6.72. The molecule has 1 N–H and O–H groups in total. The Kier molecular flexibility index (Phi) is 4.73. The lowest BCUT2D eigenvalue weighted by atomic mass is 10.0. The number of hydrogen-bond acceptors (Lipinski definition) is 3. The number of esters is 1. The van der Waals surface area contributed by atoms with Crippen LogP contribution in [0.4, 0.5) is 5.69 Å². The Labute approximate surface area is 129 Å². The van der Waals surface area contributed by atoms with Crippen LogP contribution in [0.25, 0.3) is 5.57 Å². The van der Waals surface area contributed by atoms with Crippen molar-refractivity contribution in [1.82, 2.24) is 0 Å². The molecule has 0 aliphatic rings. The van der Waals surface area contributed by atoms with Gasteiger partial charge in [0.1, 0.15) is 0 Å². The van der Waals surface area contributed by atoms with Crippen LogP contribution < -0.4 is 5.32 Å². The summed E-state index contributed by atoms with van der Waals surface area (Å²) in [6.07, 6.45) is 0. The minimum Gasteiger partial charge on any atom is -0.465 e. The van der Waals surface area contributed by atoms with Crippen molar-refractivity contribution in [1.29, 1.82) is 0 Å². The number of para-hydroxylation sites is 1. The van der Waals surface area contributed by atoms with Crippen LogP contribution in [0.5, 0.6) is 0 Å². The summed E-state index contributed by atoms with van der Waals surface area (Å²) in [6.45, 7) is 5.61. The number of aryl methyl sites for hydroxylation is 1. The summed E-state index contributed by atoms with van der Waals surface area (Å²) in [5, 5.41) is 2.85. The van der Waals surface area contributed by atoms with Crippen LogP contribution in [0.2, 0.25) is 0 Å². The number of carbonyl (C=O) groups is 2. The molecule has 0 unspecified atom stereocenters.